The zero-order valence-corrected chi connectivity index (χ0v) is 21.0. The summed E-state index contributed by atoms with van der Waals surface area (Å²) in [5.41, 5.74) is 3.10. The number of anilines is 2. The number of carboxylic acids is 1. The van der Waals surface area contributed by atoms with Crippen LogP contribution in [0.15, 0.2) is 83.9 Å². The fourth-order valence-corrected chi connectivity index (χ4v) is 4.46. The maximum absolute atomic E-state index is 13.7. The molecular weight excluding hydrogens is 470 g/mol. The lowest BCUT2D eigenvalue weighted by atomic mass is 10.00. The molecule has 0 saturated carbocycles. The quantitative estimate of drug-likeness (QED) is 0.502. The van der Waals surface area contributed by atoms with E-state index in [4.69, 9.17) is 4.74 Å². The lowest BCUT2D eigenvalue weighted by Gasteiger charge is -2.31. The van der Waals surface area contributed by atoms with Crippen molar-refractivity contribution in [2.24, 2.45) is 4.99 Å². The summed E-state index contributed by atoms with van der Waals surface area (Å²) in [5, 5.41) is 9.54. The van der Waals surface area contributed by atoms with E-state index < -0.39 is 24.3 Å². The predicted octanol–water partition coefficient (Wildman–Crippen LogP) is 4.16. The number of ether oxygens (including phenoxy) is 1. The number of rotatable bonds is 8. The zero-order chi connectivity index (χ0) is 26.5. The van der Waals surface area contributed by atoms with Crippen molar-refractivity contribution in [3.05, 3.63) is 90.0 Å². The third-order valence-corrected chi connectivity index (χ3v) is 6.13. The first-order valence-electron chi connectivity index (χ1n) is 12.0. The van der Waals surface area contributed by atoms with Gasteiger partial charge >= 0.3 is 5.97 Å². The van der Waals surface area contributed by atoms with Crippen LogP contribution in [0.4, 0.5) is 11.4 Å². The van der Waals surface area contributed by atoms with Crippen molar-refractivity contribution in [2.45, 2.75) is 32.4 Å². The maximum atomic E-state index is 13.7. The summed E-state index contributed by atoms with van der Waals surface area (Å²) in [5.74, 6) is -1.32. The average Bonchev–Trinajstić information content (AvgIpc) is 3.00. The van der Waals surface area contributed by atoms with Gasteiger partial charge in [-0.1, -0.05) is 48.5 Å². The number of amides is 2. The highest BCUT2D eigenvalue weighted by Gasteiger charge is 2.35. The van der Waals surface area contributed by atoms with Crippen molar-refractivity contribution in [1.82, 2.24) is 0 Å². The number of carbonyl (C=O) groups is 3. The lowest BCUT2D eigenvalue weighted by Crippen LogP contribution is -2.48. The molecule has 4 rings (SSSR count). The summed E-state index contributed by atoms with van der Waals surface area (Å²) >= 11 is 0. The van der Waals surface area contributed by atoms with Gasteiger partial charge in [0.25, 0.3) is 5.91 Å². The number of aliphatic carboxylic acids is 1. The number of methoxy groups -OCH3 is 1. The summed E-state index contributed by atoms with van der Waals surface area (Å²) < 4.78 is 5.23. The van der Waals surface area contributed by atoms with Crippen LogP contribution in [0.1, 0.15) is 31.4 Å². The maximum Gasteiger partial charge on any atom is 0.306 e. The number of carbonyl (C=O) groups excluding carboxylic acids is 2. The Kier molecular flexibility index (Phi) is 7.67. The van der Waals surface area contributed by atoms with Gasteiger partial charge in [-0.15, -0.1) is 0 Å². The van der Waals surface area contributed by atoms with Crippen molar-refractivity contribution < 1.29 is 24.2 Å². The summed E-state index contributed by atoms with van der Waals surface area (Å²) in [6, 6.07) is 22.3. The SMILES string of the molecule is COc1ccc(N(C(=O)CN2C(=O)C(CC(=O)O)N=C(c3ccccc3)c3ccccc32)C(C)C)cc1. The molecule has 0 aliphatic carbocycles. The number of benzodiazepines with no additional fused rings is 1. The number of para-hydroxylation sites is 1. The minimum atomic E-state index is -1.18. The molecular formula is C29H29N3O5. The molecule has 1 heterocycles. The molecule has 1 N–H and O–H groups in total. The van der Waals surface area contributed by atoms with Crippen molar-refractivity contribution in [3.8, 4) is 5.75 Å². The fourth-order valence-electron chi connectivity index (χ4n) is 4.46. The summed E-state index contributed by atoms with van der Waals surface area (Å²) in [6.07, 6.45) is -0.486. The second kappa shape index (κ2) is 11.1. The van der Waals surface area contributed by atoms with Crippen LogP contribution in [0.5, 0.6) is 5.75 Å². The Bertz CT molecular complexity index is 1320. The number of hydrogen-bond donors (Lipinski definition) is 1. The molecule has 0 aromatic heterocycles. The van der Waals surface area contributed by atoms with Crippen molar-refractivity contribution in [1.29, 1.82) is 0 Å². The van der Waals surface area contributed by atoms with E-state index >= 15 is 0 Å². The Morgan fingerprint density at radius 3 is 2.27 bits per heavy atom. The van der Waals surface area contributed by atoms with Gasteiger partial charge in [0, 0.05) is 22.9 Å². The third kappa shape index (κ3) is 5.53. The van der Waals surface area contributed by atoms with Crippen LogP contribution in [-0.4, -0.2) is 54.3 Å². The molecule has 1 atom stereocenters. The molecule has 8 nitrogen and oxygen atoms in total. The number of carboxylic acid groups (broad SMARTS) is 1. The first-order chi connectivity index (χ1) is 17.8. The predicted molar refractivity (Wildman–Crippen MR) is 143 cm³/mol. The molecule has 3 aromatic rings. The second-order valence-corrected chi connectivity index (χ2v) is 8.95. The van der Waals surface area contributed by atoms with Crippen molar-refractivity contribution in [2.75, 3.05) is 23.5 Å². The van der Waals surface area contributed by atoms with Crippen molar-refractivity contribution in [3.63, 3.8) is 0 Å². The van der Waals surface area contributed by atoms with Crippen LogP contribution in [0.25, 0.3) is 0 Å². The average molecular weight is 500 g/mol. The molecule has 0 bridgehead atoms. The van der Waals surface area contributed by atoms with E-state index in [0.29, 0.717) is 28.4 Å². The highest BCUT2D eigenvalue weighted by molar-refractivity contribution is 6.21. The molecule has 1 unspecified atom stereocenters. The Labute approximate surface area is 215 Å². The van der Waals surface area contributed by atoms with Gasteiger partial charge in [-0.05, 0) is 44.2 Å². The minimum absolute atomic E-state index is 0.191. The number of benzene rings is 3. The first kappa shape index (κ1) is 25.6. The van der Waals surface area contributed by atoms with Crippen LogP contribution in [-0.2, 0) is 14.4 Å². The molecule has 3 aromatic carbocycles. The van der Waals surface area contributed by atoms with Crippen LogP contribution < -0.4 is 14.5 Å². The van der Waals surface area contributed by atoms with Gasteiger partial charge in [-0.2, -0.15) is 0 Å². The molecule has 190 valence electrons. The Balaban J connectivity index is 1.77. The normalized spacial score (nSPS) is 15.0. The van der Waals surface area contributed by atoms with Crippen LogP contribution >= 0.6 is 0 Å². The van der Waals surface area contributed by atoms with Gasteiger partial charge < -0.3 is 19.6 Å². The molecule has 2 amide bonds. The van der Waals surface area contributed by atoms with E-state index in [1.165, 1.54) is 4.90 Å². The van der Waals surface area contributed by atoms with E-state index in [0.717, 1.165) is 5.56 Å². The van der Waals surface area contributed by atoms with Gasteiger partial charge in [0.1, 0.15) is 18.3 Å². The molecule has 1 aliphatic heterocycles. The number of fused-ring (bicyclic) bond motifs is 1. The zero-order valence-electron chi connectivity index (χ0n) is 21.0. The van der Waals surface area contributed by atoms with E-state index in [1.54, 1.807) is 48.4 Å². The monoisotopic (exact) mass is 499 g/mol. The van der Waals surface area contributed by atoms with E-state index in [1.807, 2.05) is 56.3 Å². The first-order valence-corrected chi connectivity index (χ1v) is 12.0. The molecule has 1 aliphatic rings. The van der Waals surface area contributed by atoms with Gasteiger partial charge in [0.2, 0.25) is 5.91 Å². The summed E-state index contributed by atoms with van der Waals surface area (Å²) in [7, 11) is 1.57. The number of nitrogens with zero attached hydrogens (tertiary/aromatic N) is 3. The van der Waals surface area contributed by atoms with Gasteiger partial charge in [0.05, 0.1) is 24.9 Å². The molecule has 0 radical (unpaired) electrons. The third-order valence-electron chi connectivity index (χ3n) is 6.13. The highest BCUT2D eigenvalue weighted by atomic mass is 16.5. The molecule has 0 spiro atoms. The van der Waals surface area contributed by atoms with Crippen LogP contribution in [0.3, 0.4) is 0 Å². The second-order valence-electron chi connectivity index (χ2n) is 8.95. The van der Waals surface area contributed by atoms with Gasteiger partial charge in [0.15, 0.2) is 0 Å². The Hall–Kier alpha value is -4.46. The number of aliphatic imine (C=N–C) groups is 1. The molecule has 37 heavy (non-hydrogen) atoms. The molecule has 0 fully saturated rings. The largest absolute Gasteiger partial charge is 0.497 e. The molecule has 8 heteroatoms. The number of hydrogen-bond acceptors (Lipinski definition) is 5. The molecule has 0 saturated heterocycles. The van der Waals surface area contributed by atoms with Crippen LogP contribution in [0.2, 0.25) is 0 Å². The summed E-state index contributed by atoms with van der Waals surface area (Å²) in [6.45, 7) is 3.52. The van der Waals surface area contributed by atoms with Gasteiger partial charge in [-0.3, -0.25) is 19.4 Å². The van der Waals surface area contributed by atoms with E-state index in [9.17, 15) is 19.5 Å². The standard InChI is InChI=1S/C29H29N3O5/c1-19(2)32(21-13-15-22(37-3)16-14-21)26(33)18-31-25-12-8-7-11-23(25)28(20-9-5-4-6-10-20)30-24(29(31)36)17-27(34)35/h4-16,19,24H,17-18H2,1-3H3,(H,34,35). The van der Waals surface area contributed by atoms with E-state index in [-0.39, 0.29) is 18.5 Å². The fraction of sp³-hybridized carbons (Fsp3) is 0.241. The Morgan fingerprint density at radius 2 is 1.65 bits per heavy atom. The van der Waals surface area contributed by atoms with Crippen molar-refractivity contribution >= 4 is 34.9 Å². The highest BCUT2D eigenvalue weighted by Crippen LogP contribution is 2.30. The lowest BCUT2D eigenvalue weighted by molar-refractivity contribution is -0.139. The van der Waals surface area contributed by atoms with Gasteiger partial charge in [-0.25, -0.2) is 0 Å². The van der Waals surface area contributed by atoms with Crippen LogP contribution in [0, 0.1) is 0 Å². The summed E-state index contributed by atoms with van der Waals surface area (Å²) in [4.78, 5) is 46.7. The van der Waals surface area contributed by atoms with E-state index in [2.05, 4.69) is 4.99 Å². The topological polar surface area (TPSA) is 99.5 Å². The minimum Gasteiger partial charge on any atom is -0.497 e. The Morgan fingerprint density at radius 1 is 1.00 bits per heavy atom. The smallest absolute Gasteiger partial charge is 0.306 e.